The summed E-state index contributed by atoms with van der Waals surface area (Å²) in [5.41, 5.74) is 1.51. The number of nitrogens with zero attached hydrogens (tertiary/aromatic N) is 5. The van der Waals surface area contributed by atoms with Gasteiger partial charge in [0.25, 0.3) is 0 Å². The van der Waals surface area contributed by atoms with Crippen molar-refractivity contribution in [3.63, 3.8) is 0 Å². The van der Waals surface area contributed by atoms with Crippen LogP contribution < -0.4 is 9.62 Å². The summed E-state index contributed by atoms with van der Waals surface area (Å²) in [6.07, 6.45) is 3.13. The van der Waals surface area contributed by atoms with Crippen LogP contribution in [0.1, 0.15) is 69.3 Å². The van der Waals surface area contributed by atoms with Gasteiger partial charge in [-0.3, -0.25) is 13.9 Å². The highest BCUT2D eigenvalue weighted by atomic mass is 32.2. The Kier molecular flexibility index (Phi) is 6.30. The van der Waals surface area contributed by atoms with E-state index in [9.17, 15) is 23.1 Å². The molecular weight excluding hydrogens is 496 g/mol. The van der Waals surface area contributed by atoms with E-state index in [0.717, 1.165) is 18.5 Å². The third kappa shape index (κ3) is 4.84. The molecule has 1 saturated heterocycles. The number of hydrogen-bond donors (Lipinski definition) is 2. The van der Waals surface area contributed by atoms with Gasteiger partial charge in [0.1, 0.15) is 12.1 Å². The fourth-order valence-electron chi connectivity index (χ4n) is 5.34. The molecular formula is C25H34N6O5S. The minimum Gasteiger partial charge on any atom is -0.391 e. The number of sulfonamides is 1. The Morgan fingerprint density at radius 2 is 1.89 bits per heavy atom. The zero-order chi connectivity index (χ0) is 26.7. The first-order valence-electron chi connectivity index (χ1n) is 12.6. The highest BCUT2D eigenvalue weighted by molar-refractivity contribution is 7.92. The van der Waals surface area contributed by atoms with Crippen molar-refractivity contribution in [3.05, 3.63) is 41.7 Å². The van der Waals surface area contributed by atoms with Crippen molar-refractivity contribution < 1.29 is 23.1 Å². The van der Waals surface area contributed by atoms with Crippen LogP contribution >= 0.6 is 0 Å². The number of likely N-dealkylation sites (tertiary alicyclic amines) is 1. The summed E-state index contributed by atoms with van der Waals surface area (Å²) in [7, 11) is -2.14. The first-order valence-corrected chi connectivity index (χ1v) is 14.2. The SMILES string of the molecule is CN1c2ccccc2C(NC(=O)[C@@H]2C[C@@H](O)CN2C(=O)[C@@H](n2cc(C3CC3)nn2)C(C)(C)C)CS1(=O)=O. The van der Waals surface area contributed by atoms with Crippen LogP contribution in [0.15, 0.2) is 30.5 Å². The average molecular weight is 531 g/mol. The van der Waals surface area contributed by atoms with Crippen LogP contribution in [0.4, 0.5) is 5.69 Å². The minimum absolute atomic E-state index is 0.00989. The highest BCUT2D eigenvalue weighted by Gasteiger charge is 2.46. The maximum absolute atomic E-state index is 13.9. The third-order valence-electron chi connectivity index (χ3n) is 7.47. The van der Waals surface area contributed by atoms with E-state index >= 15 is 0 Å². The standard InChI is InChI=1S/C25H34N6O5S/c1-25(2,3)22(31-13-18(27-28-31)15-9-10-15)24(34)30-12-16(32)11-21(30)23(33)26-19-14-37(35,36)29(4)20-8-6-5-7-17(19)20/h5-8,13,15-16,19,21-22,32H,9-12,14H2,1-4H3,(H,26,33)/t16-,19?,21+,22-/m1/s1. The van der Waals surface area contributed by atoms with Crippen molar-refractivity contribution in [2.24, 2.45) is 5.41 Å². The van der Waals surface area contributed by atoms with Gasteiger partial charge in [0.15, 0.2) is 0 Å². The number of β-amino-alcohol motifs (C(OH)–C–C–N with tert-alkyl or cyclic N) is 1. The molecule has 11 nitrogen and oxygen atoms in total. The van der Waals surface area contributed by atoms with Crippen molar-refractivity contribution in [2.75, 3.05) is 23.7 Å². The first-order chi connectivity index (χ1) is 17.4. The fraction of sp³-hybridized carbons (Fsp3) is 0.600. The van der Waals surface area contributed by atoms with Gasteiger partial charge in [-0.15, -0.1) is 5.10 Å². The number of hydrogen-bond acceptors (Lipinski definition) is 7. The molecule has 2 aromatic rings. The molecule has 0 radical (unpaired) electrons. The van der Waals surface area contributed by atoms with Crippen molar-refractivity contribution in [1.82, 2.24) is 25.2 Å². The molecule has 0 spiro atoms. The largest absolute Gasteiger partial charge is 0.391 e. The summed E-state index contributed by atoms with van der Waals surface area (Å²) in [6, 6.07) is 4.59. The molecule has 2 aliphatic heterocycles. The number of para-hydroxylation sites is 1. The Bertz CT molecular complexity index is 1310. The lowest BCUT2D eigenvalue weighted by Gasteiger charge is -2.36. The minimum atomic E-state index is -3.63. The molecule has 2 amide bonds. The number of anilines is 1. The number of aliphatic hydroxyl groups excluding tert-OH is 1. The average Bonchev–Trinajstić information content (AvgIpc) is 3.43. The number of rotatable bonds is 5. The fourth-order valence-corrected chi connectivity index (χ4v) is 6.72. The van der Waals surface area contributed by atoms with Gasteiger partial charge < -0.3 is 15.3 Å². The number of nitrogens with one attached hydrogen (secondary N) is 1. The van der Waals surface area contributed by atoms with Gasteiger partial charge in [0, 0.05) is 32.1 Å². The number of benzene rings is 1. The quantitative estimate of drug-likeness (QED) is 0.595. The number of fused-ring (bicyclic) bond motifs is 1. The van der Waals surface area contributed by atoms with Crippen LogP contribution in [-0.2, 0) is 19.6 Å². The van der Waals surface area contributed by atoms with E-state index in [2.05, 4.69) is 15.6 Å². The molecule has 0 bridgehead atoms. The number of carbonyl (C=O) groups is 2. The summed E-state index contributed by atoms with van der Waals surface area (Å²) in [5.74, 6) is -0.726. The number of aromatic nitrogens is 3. The molecule has 3 heterocycles. The molecule has 12 heteroatoms. The van der Waals surface area contributed by atoms with E-state index in [-0.39, 0.29) is 24.6 Å². The molecule has 2 N–H and O–H groups in total. The van der Waals surface area contributed by atoms with Crippen molar-refractivity contribution in [2.45, 2.75) is 70.2 Å². The zero-order valence-corrected chi connectivity index (χ0v) is 22.4. The number of aliphatic hydroxyl groups is 1. The van der Waals surface area contributed by atoms with Gasteiger partial charge in [0.05, 0.1) is 29.3 Å². The lowest BCUT2D eigenvalue weighted by Crippen LogP contribution is -2.52. The van der Waals surface area contributed by atoms with Crippen LogP contribution in [0.2, 0.25) is 0 Å². The maximum Gasteiger partial charge on any atom is 0.248 e. The van der Waals surface area contributed by atoms with Gasteiger partial charge in [-0.1, -0.05) is 44.2 Å². The van der Waals surface area contributed by atoms with Gasteiger partial charge in [-0.2, -0.15) is 0 Å². The Morgan fingerprint density at radius 3 is 2.57 bits per heavy atom. The molecule has 1 aliphatic carbocycles. The zero-order valence-electron chi connectivity index (χ0n) is 21.5. The van der Waals surface area contributed by atoms with Crippen LogP contribution in [0, 0.1) is 5.41 Å². The van der Waals surface area contributed by atoms with Gasteiger partial charge in [-0.05, 0) is 29.9 Å². The van der Waals surface area contributed by atoms with Gasteiger partial charge in [-0.25, -0.2) is 13.1 Å². The van der Waals surface area contributed by atoms with Gasteiger partial charge in [0.2, 0.25) is 21.8 Å². The summed E-state index contributed by atoms with van der Waals surface area (Å²) in [5, 5.41) is 21.9. The molecule has 4 atom stereocenters. The number of carbonyl (C=O) groups excluding carboxylic acids is 2. The third-order valence-corrected chi connectivity index (χ3v) is 9.26. The summed E-state index contributed by atoms with van der Waals surface area (Å²) in [4.78, 5) is 28.9. The van der Waals surface area contributed by atoms with Crippen LogP contribution in [0.25, 0.3) is 0 Å². The predicted octanol–water partition coefficient (Wildman–Crippen LogP) is 1.34. The summed E-state index contributed by atoms with van der Waals surface area (Å²) < 4.78 is 28.3. The maximum atomic E-state index is 13.9. The molecule has 1 aromatic carbocycles. The van der Waals surface area contributed by atoms with E-state index in [1.54, 1.807) is 28.9 Å². The second-order valence-electron chi connectivity index (χ2n) is 11.4. The molecule has 200 valence electrons. The summed E-state index contributed by atoms with van der Waals surface area (Å²) >= 11 is 0. The normalized spacial score (nSPS) is 26.0. The second kappa shape index (κ2) is 9.09. The van der Waals surface area contributed by atoms with Crippen molar-refractivity contribution in [3.8, 4) is 0 Å². The topological polar surface area (TPSA) is 138 Å². The summed E-state index contributed by atoms with van der Waals surface area (Å²) in [6.45, 7) is 5.79. The molecule has 1 aromatic heterocycles. The molecule has 37 heavy (non-hydrogen) atoms. The smallest absolute Gasteiger partial charge is 0.248 e. The van der Waals surface area contributed by atoms with E-state index in [4.69, 9.17) is 0 Å². The lowest BCUT2D eigenvalue weighted by molar-refractivity contribution is -0.144. The first kappa shape index (κ1) is 25.7. The molecule has 1 saturated carbocycles. The molecule has 5 rings (SSSR count). The van der Waals surface area contributed by atoms with Crippen LogP contribution in [0.5, 0.6) is 0 Å². The van der Waals surface area contributed by atoms with Gasteiger partial charge >= 0.3 is 0 Å². The van der Waals surface area contributed by atoms with E-state index in [1.165, 1.54) is 16.3 Å². The lowest BCUT2D eigenvalue weighted by atomic mass is 9.85. The van der Waals surface area contributed by atoms with E-state index in [0.29, 0.717) is 17.2 Å². The molecule has 1 unspecified atom stereocenters. The monoisotopic (exact) mass is 530 g/mol. The highest BCUT2D eigenvalue weighted by Crippen LogP contribution is 2.40. The Hall–Kier alpha value is -2.99. The van der Waals surface area contributed by atoms with Crippen molar-refractivity contribution in [1.29, 1.82) is 0 Å². The van der Waals surface area contributed by atoms with Crippen LogP contribution in [-0.4, -0.2) is 76.7 Å². The van der Waals surface area contributed by atoms with E-state index < -0.39 is 45.6 Å². The van der Waals surface area contributed by atoms with Crippen LogP contribution in [0.3, 0.4) is 0 Å². The Morgan fingerprint density at radius 1 is 1.19 bits per heavy atom. The molecule has 2 fully saturated rings. The predicted molar refractivity (Wildman–Crippen MR) is 136 cm³/mol. The van der Waals surface area contributed by atoms with E-state index in [1.807, 2.05) is 27.0 Å². The second-order valence-corrected chi connectivity index (χ2v) is 13.5. The Labute approximate surface area is 216 Å². The number of amides is 2. The van der Waals surface area contributed by atoms with Crippen molar-refractivity contribution >= 4 is 27.5 Å². The molecule has 3 aliphatic rings. The Balaban J connectivity index is 1.40.